The maximum absolute atomic E-state index is 13.2. The Kier molecular flexibility index (Phi) is 6.60. The first-order valence-corrected chi connectivity index (χ1v) is 10.5. The molecule has 1 aliphatic heterocycles. The van der Waals surface area contributed by atoms with Gasteiger partial charge in [-0.2, -0.15) is 0 Å². The third-order valence-electron chi connectivity index (χ3n) is 5.33. The minimum absolute atomic E-state index is 0.0735. The van der Waals surface area contributed by atoms with E-state index >= 15 is 0 Å². The summed E-state index contributed by atoms with van der Waals surface area (Å²) in [6.07, 6.45) is 3.59. The molecule has 2 aromatic carbocycles. The van der Waals surface area contributed by atoms with Gasteiger partial charge in [0.1, 0.15) is 0 Å². The molecular formula is C24H23ClN4O2. The van der Waals surface area contributed by atoms with Gasteiger partial charge < -0.3 is 10.2 Å². The van der Waals surface area contributed by atoms with Gasteiger partial charge in [0.25, 0.3) is 11.8 Å². The maximum Gasteiger partial charge on any atom is 0.256 e. The average molecular weight is 435 g/mol. The van der Waals surface area contributed by atoms with Gasteiger partial charge in [-0.1, -0.05) is 23.7 Å². The number of piperazine rings is 1. The van der Waals surface area contributed by atoms with Crippen LogP contribution in [0.5, 0.6) is 0 Å². The second-order valence-electron chi connectivity index (χ2n) is 7.43. The van der Waals surface area contributed by atoms with Gasteiger partial charge in [0.05, 0.1) is 11.3 Å². The molecule has 31 heavy (non-hydrogen) atoms. The molecule has 1 saturated heterocycles. The van der Waals surface area contributed by atoms with Gasteiger partial charge >= 0.3 is 0 Å². The lowest BCUT2D eigenvalue weighted by Gasteiger charge is -2.35. The van der Waals surface area contributed by atoms with Crippen molar-refractivity contribution in [3.63, 3.8) is 0 Å². The van der Waals surface area contributed by atoms with E-state index in [1.54, 1.807) is 54.9 Å². The lowest BCUT2D eigenvalue weighted by atomic mass is 10.1. The maximum atomic E-state index is 13.2. The molecule has 1 N–H and O–H groups in total. The first kappa shape index (κ1) is 21.0. The third-order valence-corrected chi connectivity index (χ3v) is 5.58. The molecular weight excluding hydrogens is 412 g/mol. The number of amides is 2. The van der Waals surface area contributed by atoms with Crippen LogP contribution in [0, 0.1) is 0 Å². The average Bonchev–Trinajstić information content (AvgIpc) is 2.80. The summed E-state index contributed by atoms with van der Waals surface area (Å²) in [6.45, 7) is 3.73. The minimum atomic E-state index is -0.279. The molecule has 1 fully saturated rings. The van der Waals surface area contributed by atoms with E-state index in [9.17, 15) is 9.59 Å². The van der Waals surface area contributed by atoms with E-state index in [0.29, 0.717) is 34.9 Å². The Morgan fingerprint density at radius 2 is 1.58 bits per heavy atom. The fourth-order valence-electron chi connectivity index (χ4n) is 3.60. The van der Waals surface area contributed by atoms with Gasteiger partial charge in [-0.05, 0) is 54.1 Å². The highest BCUT2D eigenvalue weighted by atomic mass is 35.5. The van der Waals surface area contributed by atoms with Crippen molar-refractivity contribution >= 4 is 29.1 Å². The fourth-order valence-corrected chi connectivity index (χ4v) is 3.73. The molecule has 1 aromatic heterocycles. The molecule has 0 atom stereocenters. The molecule has 0 radical (unpaired) electrons. The van der Waals surface area contributed by atoms with Crippen molar-refractivity contribution in [2.45, 2.75) is 6.54 Å². The molecule has 3 aromatic rings. The first-order valence-electron chi connectivity index (χ1n) is 10.2. The summed E-state index contributed by atoms with van der Waals surface area (Å²) < 4.78 is 0. The largest absolute Gasteiger partial charge is 0.336 e. The second kappa shape index (κ2) is 9.73. The smallest absolute Gasteiger partial charge is 0.256 e. The number of hydrogen-bond donors (Lipinski definition) is 1. The van der Waals surface area contributed by atoms with Crippen LogP contribution < -0.4 is 5.32 Å². The molecule has 7 heteroatoms. The Labute approximate surface area is 186 Å². The second-order valence-corrected chi connectivity index (χ2v) is 7.87. The Bertz CT molecular complexity index is 1050. The Balaban J connectivity index is 1.40. The molecule has 2 heterocycles. The molecule has 158 valence electrons. The topological polar surface area (TPSA) is 65.5 Å². The summed E-state index contributed by atoms with van der Waals surface area (Å²) in [5.41, 5.74) is 2.69. The zero-order valence-corrected chi connectivity index (χ0v) is 17.8. The van der Waals surface area contributed by atoms with Crippen LogP contribution in [0.15, 0.2) is 73.1 Å². The first-order chi connectivity index (χ1) is 15.1. The molecule has 6 nitrogen and oxygen atoms in total. The van der Waals surface area contributed by atoms with Gasteiger partial charge in [0, 0.05) is 55.7 Å². The zero-order valence-electron chi connectivity index (χ0n) is 17.0. The van der Waals surface area contributed by atoms with Crippen molar-refractivity contribution < 1.29 is 9.59 Å². The molecule has 4 rings (SSSR count). The lowest BCUT2D eigenvalue weighted by Crippen LogP contribution is -2.48. The van der Waals surface area contributed by atoms with Crippen molar-refractivity contribution in [3.8, 4) is 0 Å². The number of carbonyl (C=O) groups is 2. The number of nitrogens with zero attached hydrogens (tertiary/aromatic N) is 3. The SMILES string of the molecule is O=C(Nc1ccccc1C(=O)N1CCN(Cc2ccncc2)CC1)c1ccc(Cl)cc1. The predicted octanol–water partition coefficient (Wildman–Crippen LogP) is 3.95. The summed E-state index contributed by atoms with van der Waals surface area (Å²) in [5, 5.41) is 3.43. The number of anilines is 1. The van der Waals surface area contributed by atoms with Gasteiger partial charge in [-0.15, -0.1) is 0 Å². The summed E-state index contributed by atoms with van der Waals surface area (Å²) in [7, 11) is 0. The molecule has 0 bridgehead atoms. The van der Waals surface area contributed by atoms with Crippen LogP contribution in [0.25, 0.3) is 0 Å². The van der Waals surface area contributed by atoms with E-state index in [-0.39, 0.29) is 11.8 Å². The fraction of sp³-hybridized carbons (Fsp3) is 0.208. The number of para-hydroxylation sites is 1. The highest BCUT2D eigenvalue weighted by molar-refractivity contribution is 6.30. The highest BCUT2D eigenvalue weighted by Crippen LogP contribution is 2.20. The van der Waals surface area contributed by atoms with Crippen LogP contribution in [0.2, 0.25) is 5.02 Å². The lowest BCUT2D eigenvalue weighted by molar-refractivity contribution is 0.0629. The number of nitrogens with one attached hydrogen (secondary N) is 1. The summed E-state index contributed by atoms with van der Waals surface area (Å²) in [5.74, 6) is -0.352. The van der Waals surface area contributed by atoms with E-state index in [2.05, 4.69) is 15.2 Å². The molecule has 0 aliphatic carbocycles. The summed E-state index contributed by atoms with van der Waals surface area (Å²) >= 11 is 5.90. The van der Waals surface area contributed by atoms with E-state index in [4.69, 9.17) is 11.6 Å². The number of halogens is 1. The van der Waals surface area contributed by atoms with Gasteiger partial charge in [-0.3, -0.25) is 19.5 Å². The van der Waals surface area contributed by atoms with Gasteiger partial charge in [0.2, 0.25) is 0 Å². The number of carbonyl (C=O) groups excluding carboxylic acids is 2. The standard InChI is InChI=1S/C24H23ClN4O2/c25-20-7-5-19(6-8-20)23(30)27-22-4-2-1-3-21(22)24(31)29-15-13-28(14-16-29)17-18-9-11-26-12-10-18/h1-12H,13-17H2,(H,27,30). The van der Waals surface area contributed by atoms with E-state index in [0.717, 1.165) is 19.6 Å². The molecule has 0 unspecified atom stereocenters. The monoisotopic (exact) mass is 434 g/mol. The molecule has 2 amide bonds. The number of hydrogen-bond acceptors (Lipinski definition) is 4. The van der Waals surface area contributed by atoms with Crippen molar-refractivity contribution in [2.24, 2.45) is 0 Å². The van der Waals surface area contributed by atoms with E-state index in [1.165, 1.54) is 5.56 Å². The van der Waals surface area contributed by atoms with Crippen LogP contribution in [0.3, 0.4) is 0 Å². The summed E-state index contributed by atoms with van der Waals surface area (Å²) in [4.78, 5) is 34.0. The quantitative estimate of drug-likeness (QED) is 0.660. The Morgan fingerprint density at radius 3 is 2.29 bits per heavy atom. The number of rotatable bonds is 5. The normalized spacial score (nSPS) is 14.3. The van der Waals surface area contributed by atoms with Crippen LogP contribution in [-0.2, 0) is 6.54 Å². The van der Waals surface area contributed by atoms with Gasteiger partial charge in [-0.25, -0.2) is 0 Å². The minimum Gasteiger partial charge on any atom is -0.336 e. The van der Waals surface area contributed by atoms with E-state index in [1.807, 2.05) is 23.1 Å². The predicted molar refractivity (Wildman–Crippen MR) is 121 cm³/mol. The van der Waals surface area contributed by atoms with Crippen molar-refractivity contribution in [3.05, 3.63) is 94.8 Å². The molecule has 0 spiro atoms. The summed E-state index contributed by atoms with van der Waals surface area (Å²) in [6, 6.07) is 17.8. The van der Waals surface area contributed by atoms with Crippen LogP contribution in [-0.4, -0.2) is 52.8 Å². The van der Waals surface area contributed by atoms with Gasteiger partial charge in [0.15, 0.2) is 0 Å². The van der Waals surface area contributed by atoms with Crippen LogP contribution in [0.4, 0.5) is 5.69 Å². The number of pyridine rings is 1. The van der Waals surface area contributed by atoms with Crippen molar-refractivity contribution in [1.82, 2.24) is 14.8 Å². The highest BCUT2D eigenvalue weighted by Gasteiger charge is 2.24. The Hall–Kier alpha value is -3.22. The number of aromatic nitrogens is 1. The van der Waals surface area contributed by atoms with Crippen molar-refractivity contribution in [2.75, 3.05) is 31.5 Å². The van der Waals surface area contributed by atoms with E-state index < -0.39 is 0 Å². The van der Waals surface area contributed by atoms with Crippen LogP contribution >= 0.6 is 11.6 Å². The zero-order chi connectivity index (χ0) is 21.6. The number of benzene rings is 2. The van der Waals surface area contributed by atoms with Crippen LogP contribution in [0.1, 0.15) is 26.3 Å². The third kappa shape index (κ3) is 5.29. The molecule has 1 aliphatic rings. The Morgan fingerprint density at radius 1 is 0.903 bits per heavy atom. The van der Waals surface area contributed by atoms with Crippen molar-refractivity contribution in [1.29, 1.82) is 0 Å². The molecule has 0 saturated carbocycles.